The zero-order valence-corrected chi connectivity index (χ0v) is 10.5. The van der Waals surface area contributed by atoms with Gasteiger partial charge in [-0.3, -0.25) is 4.90 Å². The van der Waals surface area contributed by atoms with Gasteiger partial charge in [-0.05, 0) is 34.6 Å². The molecule has 2 atom stereocenters. The van der Waals surface area contributed by atoms with E-state index in [-0.39, 0.29) is 6.10 Å². The van der Waals surface area contributed by atoms with E-state index in [0.29, 0.717) is 6.04 Å². The monoisotopic (exact) mass is 215 g/mol. The Morgan fingerprint density at radius 2 is 1.87 bits per heavy atom. The maximum atomic E-state index is 9.67. The highest BCUT2D eigenvalue weighted by molar-refractivity contribution is 4.86. The average Bonchev–Trinajstić information content (AvgIpc) is 2.41. The van der Waals surface area contributed by atoms with E-state index in [1.807, 2.05) is 0 Å². The first-order valence-electron chi connectivity index (χ1n) is 5.70. The molecule has 0 bridgehead atoms. The molecule has 0 aliphatic carbocycles. The van der Waals surface area contributed by atoms with Gasteiger partial charge in [-0.1, -0.05) is 0 Å². The highest BCUT2D eigenvalue weighted by atomic mass is 16.3. The van der Waals surface area contributed by atoms with Crippen molar-refractivity contribution in [1.29, 1.82) is 0 Å². The van der Waals surface area contributed by atoms with E-state index in [9.17, 15) is 5.11 Å². The van der Waals surface area contributed by atoms with Gasteiger partial charge in [0.2, 0.25) is 0 Å². The van der Waals surface area contributed by atoms with E-state index < -0.39 is 0 Å². The van der Waals surface area contributed by atoms with E-state index >= 15 is 0 Å². The summed E-state index contributed by atoms with van der Waals surface area (Å²) in [6.07, 6.45) is 0.795. The molecule has 1 heterocycles. The van der Waals surface area contributed by atoms with Gasteiger partial charge < -0.3 is 14.9 Å². The van der Waals surface area contributed by atoms with Crippen molar-refractivity contribution in [1.82, 2.24) is 14.7 Å². The number of likely N-dealkylation sites (N-methyl/N-ethyl adjacent to an activating group) is 2. The van der Waals surface area contributed by atoms with Crippen LogP contribution >= 0.6 is 0 Å². The maximum absolute atomic E-state index is 9.67. The highest BCUT2D eigenvalue weighted by Crippen LogP contribution is 2.17. The number of nitrogens with zero attached hydrogens (tertiary/aromatic N) is 3. The Morgan fingerprint density at radius 1 is 1.20 bits per heavy atom. The van der Waals surface area contributed by atoms with Crippen LogP contribution < -0.4 is 0 Å². The number of likely N-dealkylation sites (tertiary alicyclic amines) is 1. The van der Waals surface area contributed by atoms with Crippen LogP contribution in [0.3, 0.4) is 0 Å². The molecule has 0 radical (unpaired) electrons. The first kappa shape index (κ1) is 12.9. The highest BCUT2D eigenvalue weighted by Gasteiger charge is 2.30. The van der Waals surface area contributed by atoms with Crippen molar-refractivity contribution in [3.8, 4) is 0 Å². The summed E-state index contributed by atoms with van der Waals surface area (Å²) in [4.78, 5) is 6.80. The minimum absolute atomic E-state index is 0.128. The molecule has 1 aliphatic rings. The van der Waals surface area contributed by atoms with Crippen molar-refractivity contribution in [2.45, 2.75) is 18.6 Å². The fourth-order valence-electron chi connectivity index (χ4n) is 2.17. The van der Waals surface area contributed by atoms with E-state index in [0.717, 1.165) is 32.6 Å². The van der Waals surface area contributed by atoms with E-state index in [4.69, 9.17) is 0 Å². The summed E-state index contributed by atoms with van der Waals surface area (Å²) >= 11 is 0. The molecule has 0 aromatic rings. The van der Waals surface area contributed by atoms with Gasteiger partial charge in [0.25, 0.3) is 0 Å². The Morgan fingerprint density at radius 3 is 2.40 bits per heavy atom. The lowest BCUT2D eigenvalue weighted by molar-refractivity contribution is 0.166. The molecule has 90 valence electrons. The zero-order valence-electron chi connectivity index (χ0n) is 10.5. The fourth-order valence-corrected chi connectivity index (χ4v) is 2.17. The van der Waals surface area contributed by atoms with Gasteiger partial charge in [0.1, 0.15) is 0 Å². The summed E-state index contributed by atoms with van der Waals surface area (Å²) in [6.45, 7) is 4.01. The lowest BCUT2D eigenvalue weighted by Gasteiger charge is -2.27. The van der Waals surface area contributed by atoms with Gasteiger partial charge in [0.05, 0.1) is 6.10 Å². The second-order valence-corrected chi connectivity index (χ2v) is 5.10. The van der Waals surface area contributed by atoms with Crippen LogP contribution in [0.4, 0.5) is 0 Å². The van der Waals surface area contributed by atoms with Crippen molar-refractivity contribution >= 4 is 0 Å². The summed E-state index contributed by atoms with van der Waals surface area (Å²) in [7, 11) is 8.37. The van der Waals surface area contributed by atoms with Crippen molar-refractivity contribution < 1.29 is 5.11 Å². The van der Waals surface area contributed by atoms with Crippen LogP contribution in [0.5, 0.6) is 0 Å². The molecule has 0 aromatic heterocycles. The summed E-state index contributed by atoms with van der Waals surface area (Å²) in [6, 6.07) is 0.523. The molecule has 4 nitrogen and oxygen atoms in total. The molecular weight excluding hydrogens is 190 g/mol. The van der Waals surface area contributed by atoms with Crippen LogP contribution in [0.25, 0.3) is 0 Å². The Labute approximate surface area is 93.5 Å². The lowest BCUT2D eigenvalue weighted by Crippen LogP contribution is -2.40. The first-order valence-corrected chi connectivity index (χ1v) is 5.70. The number of β-amino-alcohol motifs (C(OH)–C–C–N with tert-alkyl or cyclic N) is 1. The number of hydrogen-bond acceptors (Lipinski definition) is 4. The van der Waals surface area contributed by atoms with Crippen molar-refractivity contribution in [3.05, 3.63) is 0 Å². The molecule has 4 heteroatoms. The van der Waals surface area contributed by atoms with Gasteiger partial charge in [-0.2, -0.15) is 0 Å². The standard InChI is InChI=1S/C11H25N3O/c1-12(2)5-6-14-9-11(15)7-10(14)8-13(3)4/h10-11,15H,5-9H2,1-4H3. The third-order valence-electron chi connectivity index (χ3n) is 2.92. The summed E-state index contributed by atoms with van der Waals surface area (Å²) in [5.74, 6) is 0. The zero-order chi connectivity index (χ0) is 11.4. The molecule has 0 amide bonds. The Balaban J connectivity index is 2.38. The smallest absolute Gasteiger partial charge is 0.0682 e. The summed E-state index contributed by atoms with van der Waals surface area (Å²) < 4.78 is 0. The molecule has 1 rings (SSSR count). The van der Waals surface area contributed by atoms with Crippen LogP contribution in [0, 0.1) is 0 Å². The SMILES string of the molecule is CN(C)CCN1CC(O)CC1CN(C)C. The van der Waals surface area contributed by atoms with Gasteiger partial charge in [0, 0.05) is 32.2 Å². The number of hydrogen-bond donors (Lipinski definition) is 1. The fraction of sp³-hybridized carbons (Fsp3) is 1.00. The van der Waals surface area contributed by atoms with Gasteiger partial charge in [0.15, 0.2) is 0 Å². The molecule has 1 N–H and O–H groups in total. The molecule has 2 unspecified atom stereocenters. The Kier molecular flexibility index (Phi) is 4.99. The topological polar surface area (TPSA) is 30.0 Å². The quantitative estimate of drug-likeness (QED) is 0.672. The van der Waals surface area contributed by atoms with Crippen LogP contribution in [0.2, 0.25) is 0 Å². The van der Waals surface area contributed by atoms with E-state index in [2.05, 4.69) is 42.9 Å². The predicted octanol–water partition coefficient (Wildman–Crippen LogP) is -0.455. The van der Waals surface area contributed by atoms with Crippen LogP contribution in [-0.4, -0.2) is 86.3 Å². The predicted molar refractivity (Wildman–Crippen MR) is 63.1 cm³/mol. The number of aliphatic hydroxyl groups excluding tert-OH is 1. The molecule has 15 heavy (non-hydrogen) atoms. The third-order valence-corrected chi connectivity index (χ3v) is 2.92. The minimum Gasteiger partial charge on any atom is -0.392 e. The normalized spacial score (nSPS) is 28.2. The van der Waals surface area contributed by atoms with Crippen LogP contribution in [0.15, 0.2) is 0 Å². The summed E-state index contributed by atoms with van der Waals surface area (Å²) in [5, 5.41) is 9.67. The molecular formula is C11H25N3O. The number of aliphatic hydroxyl groups is 1. The molecule has 1 fully saturated rings. The van der Waals surface area contributed by atoms with Gasteiger partial charge in [-0.15, -0.1) is 0 Å². The average molecular weight is 215 g/mol. The van der Waals surface area contributed by atoms with Crippen LogP contribution in [0.1, 0.15) is 6.42 Å². The first-order chi connectivity index (χ1) is 6.99. The third kappa shape index (κ3) is 4.47. The molecule has 0 aromatic carbocycles. The number of rotatable bonds is 5. The maximum Gasteiger partial charge on any atom is 0.0682 e. The van der Waals surface area contributed by atoms with Crippen molar-refractivity contribution in [3.63, 3.8) is 0 Å². The van der Waals surface area contributed by atoms with Crippen LogP contribution in [-0.2, 0) is 0 Å². The molecule has 1 saturated heterocycles. The minimum atomic E-state index is -0.128. The second-order valence-electron chi connectivity index (χ2n) is 5.10. The second kappa shape index (κ2) is 5.80. The lowest BCUT2D eigenvalue weighted by atomic mass is 10.2. The molecule has 0 saturated carbocycles. The Bertz CT molecular complexity index is 185. The van der Waals surface area contributed by atoms with Gasteiger partial charge >= 0.3 is 0 Å². The van der Waals surface area contributed by atoms with Gasteiger partial charge in [-0.25, -0.2) is 0 Å². The van der Waals surface area contributed by atoms with Crippen molar-refractivity contribution in [2.24, 2.45) is 0 Å². The molecule has 1 aliphatic heterocycles. The Hall–Kier alpha value is -0.160. The van der Waals surface area contributed by atoms with E-state index in [1.165, 1.54) is 0 Å². The largest absolute Gasteiger partial charge is 0.392 e. The molecule has 0 spiro atoms. The van der Waals surface area contributed by atoms with E-state index in [1.54, 1.807) is 0 Å². The summed E-state index contributed by atoms with van der Waals surface area (Å²) in [5.41, 5.74) is 0. The van der Waals surface area contributed by atoms with Crippen molar-refractivity contribution in [2.75, 3.05) is 54.4 Å².